The number of benzene rings is 1. The van der Waals surface area contributed by atoms with Crippen LogP contribution in [-0.2, 0) is 0 Å². The van der Waals surface area contributed by atoms with E-state index in [-0.39, 0.29) is 22.8 Å². The van der Waals surface area contributed by atoms with E-state index in [4.69, 9.17) is 11.6 Å². The zero-order valence-corrected chi connectivity index (χ0v) is 11.9. The minimum absolute atomic E-state index is 0.0771. The van der Waals surface area contributed by atoms with Crippen LogP contribution >= 0.6 is 11.6 Å². The van der Waals surface area contributed by atoms with Crippen molar-refractivity contribution in [3.8, 4) is 0 Å². The standard InChI is InChI=1S/C15H14ClFN2O/c1-9(11-3-5-13(17)6-4-11)18-15-8-12(10(2)20)7-14(16)19-15/h3-9H,1-2H3,(H,18,19). The second kappa shape index (κ2) is 6.01. The first-order valence-electron chi connectivity index (χ1n) is 6.16. The second-order valence-electron chi connectivity index (χ2n) is 4.54. The molecule has 0 fully saturated rings. The number of Topliss-reactive ketones (excluding diaryl/α,β-unsaturated/α-hetero) is 1. The van der Waals surface area contributed by atoms with Gasteiger partial charge in [-0.2, -0.15) is 0 Å². The summed E-state index contributed by atoms with van der Waals surface area (Å²) >= 11 is 5.89. The zero-order valence-electron chi connectivity index (χ0n) is 11.2. The molecule has 0 saturated carbocycles. The third kappa shape index (κ3) is 3.54. The fraction of sp³-hybridized carbons (Fsp3) is 0.200. The number of halogens is 2. The van der Waals surface area contributed by atoms with Crippen molar-refractivity contribution in [1.82, 2.24) is 4.98 Å². The highest BCUT2D eigenvalue weighted by molar-refractivity contribution is 6.29. The van der Waals surface area contributed by atoms with E-state index in [1.54, 1.807) is 18.2 Å². The molecule has 0 bridgehead atoms. The lowest BCUT2D eigenvalue weighted by molar-refractivity contribution is 0.101. The van der Waals surface area contributed by atoms with Crippen molar-refractivity contribution < 1.29 is 9.18 Å². The quantitative estimate of drug-likeness (QED) is 0.676. The van der Waals surface area contributed by atoms with Crippen molar-refractivity contribution in [3.05, 3.63) is 58.5 Å². The molecular weight excluding hydrogens is 279 g/mol. The molecular formula is C15H14ClFN2O. The van der Waals surface area contributed by atoms with Gasteiger partial charge in [-0.1, -0.05) is 23.7 Å². The van der Waals surface area contributed by atoms with Gasteiger partial charge in [0.1, 0.15) is 16.8 Å². The Labute approximate surface area is 121 Å². The van der Waals surface area contributed by atoms with Crippen LogP contribution in [0.5, 0.6) is 0 Å². The molecule has 0 radical (unpaired) electrons. The lowest BCUT2D eigenvalue weighted by Crippen LogP contribution is -2.09. The highest BCUT2D eigenvalue weighted by atomic mass is 35.5. The van der Waals surface area contributed by atoms with Gasteiger partial charge in [0.2, 0.25) is 0 Å². The Morgan fingerprint density at radius 2 is 1.95 bits per heavy atom. The summed E-state index contributed by atoms with van der Waals surface area (Å²) in [6.07, 6.45) is 0. The van der Waals surface area contributed by atoms with Crippen LogP contribution in [0.1, 0.15) is 35.8 Å². The second-order valence-corrected chi connectivity index (χ2v) is 4.92. The molecule has 0 saturated heterocycles. The number of rotatable bonds is 4. The lowest BCUT2D eigenvalue weighted by Gasteiger charge is -2.15. The summed E-state index contributed by atoms with van der Waals surface area (Å²) in [5.74, 6) is 0.159. The van der Waals surface area contributed by atoms with E-state index in [2.05, 4.69) is 10.3 Å². The molecule has 0 spiro atoms. The average molecular weight is 293 g/mol. The number of hydrogen-bond donors (Lipinski definition) is 1. The minimum atomic E-state index is -0.277. The maximum absolute atomic E-state index is 12.9. The molecule has 2 rings (SSSR count). The molecule has 0 aliphatic carbocycles. The number of carbonyl (C=O) groups is 1. The topological polar surface area (TPSA) is 42.0 Å². The molecule has 1 atom stereocenters. The molecule has 1 unspecified atom stereocenters. The minimum Gasteiger partial charge on any atom is -0.363 e. The zero-order chi connectivity index (χ0) is 14.7. The molecule has 5 heteroatoms. The molecule has 1 heterocycles. The van der Waals surface area contributed by atoms with E-state index in [0.717, 1.165) is 5.56 Å². The smallest absolute Gasteiger partial charge is 0.160 e. The Bertz CT molecular complexity index is 628. The maximum atomic E-state index is 12.9. The first-order valence-corrected chi connectivity index (χ1v) is 6.54. The maximum Gasteiger partial charge on any atom is 0.160 e. The SMILES string of the molecule is CC(=O)c1cc(Cl)nc(NC(C)c2ccc(F)cc2)c1. The van der Waals surface area contributed by atoms with Gasteiger partial charge in [0, 0.05) is 11.6 Å². The van der Waals surface area contributed by atoms with Gasteiger partial charge in [-0.15, -0.1) is 0 Å². The van der Waals surface area contributed by atoms with Crippen molar-refractivity contribution in [2.75, 3.05) is 5.32 Å². The summed E-state index contributed by atoms with van der Waals surface area (Å²) in [4.78, 5) is 15.5. The summed E-state index contributed by atoms with van der Waals surface area (Å²) in [7, 11) is 0. The number of carbonyl (C=O) groups excluding carboxylic acids is 1. The summed E-state index contributed by atoms with van der Waals surface area (Å²) in [5.41, 5.74) is 1.41. The largest absolute Gasteiger partial charge is 0.363 e. The van der Waals surface area contributed by atoms with Crippen LogP contribution in [0, 0.1) is 5.82 Å². The van der Waals surface area contributed by atoms with Crippen molar-refractivity contribution in [3.63, 3.8) is 0 Å². The van der Waals surface area contributed by atoms with Gasteiger partial charge >= 0.3 is 0 Å². The average Bonchev–Trinajstić information content (AvgIpc) is 2.38. The highest BCUT2D eigenvalue weighted by Gasteiger charge is 2.09. The van der Waals surface area contributed by atoms with E-state index >= 15 is 0 Å². The van der Waals surface area contributed by atoms with E-state index in [1.807, 2.05) is 6.92 Å². The van der Waals surface area contributed by atoms with Crippen LogP contribution in [0.25, 0.3) is 0 Å². The third-order valence-electron chi connectivity index (χ3n) is 2.94. The number of anilines is 1. The number of ketones is 1. The fourth-order valence-corrected chi connectivity index (χ4v) is 2.04. The summed E-state index contributed by atoms with van der Waals surface area (Å²) in [6.45, 7) is 3.39. The predicted octanol–water partition coefficient (Wildman–Crippen LogP) is 4.25. The Kier molecular flexibility index (Phi) is 4.35. The molecule has 0 amide bonds. The molecule has 1 aromatic heterocycles. The molecule has 20 heavy (non-hydrogen) atoms. The predicted molar refractivity (Wildman–Crippen MR) is 77.7 cm³/mol. The summed E-state index contributed by atoms with van der Waals surface area (Å²) in [5, 5.41) is 3.40. The van der Waals surface area contributed by atoms with Crippen LogP contribution in [0.3, 0.4) is 0 Å². The molecule has 0 aliphatic heterocycles. The first kappa shape index (κ1) is 14.5. The number of pyridine rings is 1. The monoisotopic (exact) mass is 292 g/mol. The van der Waals surface area contributed by atoms with E-state index in [0.29, 0.717) is 11.4 Å². The molecule has 104 valence electrons. The van der Waals surface area contributed by atoms with Crippen LogP contribution in [0.4, 0.5) is 10.2 Å². The van der Waals surface area contributed by atoms with Crippen molar-refractivity contribution in [1.29, 1.82) is 0 Å². The highest BCUT2D eigenvalue weighted by Crippen LogP contribution is 2.21. The van der Waals surface area contributed by atoms with Gasteiger partial charge < -0.3 is 5.32 Å². The van der Waals surface area contributed by atoms with Gasteiger partial charge in [-0.25, -0.2) is 9.37 Å². The molecule has 2 aromatic rings. The molecule has 1 N–H and O–H groups in total. The van der Waals surface area contributed by atoms with Crippen molar-refractivity contribution in [2.45, 2.75) is 19.9 Å². The third-order valence-corrected chi connectivity index (χ3v) is 3.13. The van der Waals surface area contributed by atoms with Crippen molar-refractivity contribution >= 4 is 23.2 Å². The number of nitrogens with zero attached hydrogens (tertiary/aromatic N) is 1. The Morgan fingerprint density at radius 1 is 1.30 bits per heavy atom. The van der Waals surface area contributed by atoms with Gasteiger partial charge in [0.25, 0.3) is 0 Å². The van der Waals surface area contributed by atoms with Gasteiger partial charge in [-0.05, 0) is 43.7 Å². The van der Waals surface area contributed by atoms with Gasteiger partial charge in [-0.3, -0.25) is 4.79 Å². The van der Waals surface area contributed by atoms with E-state index in [1.165, 1.54) is 25.1 Å². The number of hydrogen-bond acceptors (Lipinski definition) is 3. The summed E-state index contributed by atoms with van der Waals surface area (Å²) < 4.78 is 12.9. The van der Waals surface area contributed by atoms with E-state index in [9.17, 15) is 9.18 Å². The Hall–Kier alpha value is -1.94. The molecule has 3 nitrogen and oxygen atoms in total. The van der Waals surface area contributed by atoms with E-state index < -0.39 is 0 Å². The van der Waals surface area contributed by atoms with Gasteiger partial charge in [0.05, 0.1) is 0 Å². The molecule has 0 aliphatic rings. The number of aromatic nitrogens is 1. The van der Waals surface area contributed by atoms with Crippen LogP contribution in [0.2, 0.25) is 5.15 Å². The summed E-state index contributed by atoms with van der Waals surface area (Å²) in [6, 6.07) is 9.29. The Morgan fingerprint density at radius 3 is 2.55 bits per heavy atom. The Balaban J connectivity index is 2.21. The fourth-order valence-electron chi connectivity index (χ4n) is 1.83. The van der Waals surface area contributed by atoms with Crippen LogP contribution < -0.4 is 5.32 Å². The van der Waals surface area contributed by atoms with Gasteiger partial charge in [0.15, 0.2) is 5.78 Å². The van der Waals surface area contributed by atoms with Crippen LogP contribution in [-0.4, -0.2) is 10.8 Å². The normalized spacial score (nSPS) is 12.0. The number of nitrogens with one attached hydrogen (secondary N) is 1. The van der Waals surface area contributed by atoms with Crippen molar-refractivity contribution in [2.24, 2.45) is 0 Å². The molecule has 1 aromatic carbocycles. The van der Waals surface area contributed by atoms with Crippen LogP contribution in [0.15, 0.2) is 36.4 Å². The first-order chi connectivity index (χ1) is 9.45. The lowest BCUT2D eigenvalue weighted by atomic mass is 10.1.